The summed E-state index contributed by atoms with van der Waals surface area (Å²) in [5.74, 6) is -0.389. The van der Waals surface area contributed by atoms with E-state index in [0.29, 0.717) is 9.92 Å². The third-order valence-electron chi connectivity index (χ3n) is 5.48. The first kappa shape index (κ1) is 22.1. The van der Waals surface area contributed by atoms with Crippen molar-refractivity contribution in [2.75, 3.05) is 0 Å². The summed E-state index contributed by atoms with van der Waals surface area (Å²) in [5.41, 5.74) is 3.33. The van der Waals surface area contributed by atoms with Crippen LogP contribution >= 0.6 is 23.4 Å². The maximum Gasteiger partial charge on any atom is 0.277 e. The zero-order valence-electron chi connectivity index (χ0n) is 17.9. The van der Waals surface area contributed by atoms with Crippen LogP contribution in [0.5, 0.6) is 5.88 Å². The third kappa shape index (κ3) is 4.38. The van der Waals surface area contributed by atoms with E-state index in [1.165, 1.54) is 4.68 Å². The number of pyridine rings is 1. The number of benzene rings is 3. The monoisotopic (exact) mass is 484 g/mol. The highest BCUT2D eigenvalue weighted by Gasteiger charge is 2.21. The van der Waals surface area contributed by atoms with Gasteiger partial charge in [-0.05, 0) is 40.5 Å². The Morgan fingerprint density at radius 1 is 0.853 bits per heavy atom. The molecule has 0 spiro atoms. The predicted molar refractivity (Wildman–Crippen MR) is 133 cm³/mol. The molecule has 2 heterocycles. The molecule has 0 saturated heterocycles. The van der Waals surface area contributed by atoms with E-state index in [1.54, 1.807) is 30.6 Å². The molecule has 2 aromatic heterocycles. The summed E-state index contributed by atoms with van der Waals surface area (Å²) in [4.78, 5) is 17.8. The van der Waals surface area contributed by atoms with Gasteiger partial charge in [0.25, 0.3) is 5.56 Å². The maximum absolute atomic E-state index is 13.4. The van der Waals surface area contributed by atoms with Crippen LogP contribution in [0.25, 0.3) is 11.1 Å². The van der Waals surface area contributed by atoms with Gasteiger partial charge in [-0.15, -0.1) is 0 Å². The van der Waals surface area contributed by atoms with E-state index in [2.05, 4.69) is 10.1 Å². The molecule has 0 aliphatic rings. The summed E-state index contributed by atoms with van der Waals surface area (Å²) in [6.07, 6.45) is 3.54. The van der Waals surface area contributed by atoms with E-state index in [4.69, 9.17) is 11.6 Å². The smallest absolute Gasteiger partial charge is 0.277 e. The Kier molecular flexibility index (Phi) is 6.25. The molecule has 1 atom stereocenters. The van der Waals surface area contributed by atoms with Crippen LogP contribution in [0, 0.1) is 0 Å². The zero-order valence-corrected chi connectivity index (χ0v) is 19.5. The lowest BCUT2D eigenvalue weighted by atomic mass is 9.96. The molecule has 1 unspecified atom stereocenters. The number of rotatable bonds is 6. The van der Waals surface area contributed by atoms with Crippen LogP contribution in [-0.2, 0) is 0 Å². The summed E-state index contributed by atoms with van der Waals surface area (Å²) in [6.45, 7) is 0. The minimum absolute atomic E-state index is 0.0843. The molecule has 168 valence electrons. The maximum atomic E-state index is 13.4. The van der Waals surface area contributed by atoms with Gasteiger partial charge in [-0.2, -0.15) is 0 Å². The zero-order chi connectivity index (χ0) is 23.5. The minimum atomic E-state index is -0.495. The predicted octanol–water partition coefficient (Wildman–Crippen LogP) is 5.75. The number of nitrogens with one attached hydrogen (secondary N) is 1. The largest absolute Gasteiger partial charge is 0.858 e. The number of H-pyrrole nitrogens is 1. The second kappa shape index (κ2) is 9.63. The highest BCUT2D eigenvalue weighted by molar-refractivity contribution is 7.99. The van der Waals surface area contributed by atoms with E-state index in [9.17, 15) is 9.90 Å². The van der Waals surface area contributed by atoms with Crippen molar-refractivity contribution in [3.8, 4) is 17.0 Å². The minimum Gasteiger partial charge on any atom is -0.858 e. The summed E-state index contributed by atoms with van der Waals surface area (Å²) >= 11 is 7.34. The Labute approximate surface area is 205 Å². The average Bonchev–Trinajstić information content (AvgIpc) is 3.15. The number of hydrogen-bond acceptors (Lipinski definition) is 4. The number of aromatic amines is 1. The quantitative estimate of drug-likeness (QED) is 0.333. The SMILES string of the molecule is O=c1[nH]n(C(c2ccccc2)c2ccc(-c3cccnc3)cc2)c([O-])c1Sc1ccccc1Cl. The van der Waals surface area contributed by atoms with Gasteiger partial charge in [0.05, 0.1) is 16.0 Å². The lowest BCUT2D eigenvalue weighted by Gasteiger charge is -2.24. The summed E-state index contributed by atoms with van der Waals surface area (Å²) < 4.78 is 1.40. The Balaban J connectivity index is 1.58. The van der Waals surface area contributed by atoms with Crippen LogP contribution in [0.3, 0.4) is 0 Å². The lowest BCUT2D eigenvalue weighted by Crippen LogP contribution is -2.18. The van der Waals surface area contributed by atoms with Crippen LogP contribution in [0.15, 0.2) is 118 Å². The molecule has 3 aromatic carbocycles. The van der Waals surface area contributed by atoms with Gasteiger partial charge >= 0.3 is 0 Å². The van der Waals surface area contributed by atoms with Crippen molar-refractivity contribution in [2.45, 2.75) is 15.8 Å². The van der Waals surface area contributed by atoms with Gasteiger partial charge in [-0.3, -0.25) is 19.6 Å². The fraction of sp³-hybridized carbons (Fsp3) is 0.0370. The normalized spacial score (nSPS) is 11.9. The molecule has 0 aliphatic heterocycles. The number of aromatic nitrogens is 3. The molecular weight excluding hydrogens is 466 g/mol. The Morgan fingerprint density at radius 3 is 2.26 bits per heavy atom. The van der Waals surface area contributed by atoms with Crippen molar-refractivity contribution < 1.29 is 5.11 Å². The lowest BCUT2D eigenvalue weighted by molar-refractivity contribution is -0.284. The Bertz CT molecular complexity index is 1470. The molecular formula is C27H19ClN3O2S-. The van der Waals surface area contributed by atoms with Gasteiger partial charge in [0.1, 0.15) is 0 Å². The first-order valence-electron chi connectivity index (χ1n) is 10.6. The summed E-state index contributed by atoms with van der Waals surface area (Å²) in [7, 11) is 0. The topological polar surface area (TPSA) is 73.7 Å². The van der Waals surface area contributed by atoms with Crippen LogP contribution in [0.1, 0.15) is 17.2 Å². The van der Waals surface area contributed by atoms with E-state index in [1.807, 2.05) is 72.8 Å². The fourth-order valence-corrected chi connectivity index (χ4v) is 4.95. The second-order valence-corrected chi connectivity index (χ2v) is 9.11. The van der Waals surface area contributed by atoms with E-state index >= 15 is 0 Å². The van der Waals surface area contributed by atoms with Crippen molar-refractivity contribution in [1.29, 1.82) is 0 Å². The van der Waals surface area contributed by atoms with Gasteiger partial charge < -0.3 is 5.11 Å². The molecule has 0 saturated carbocycles. The highest BCUT2D eigenvalue weighted by Crippen LogP contribution is 2.37. The van der Waals surface area contributed by atoms with Crippen molar-refractivity contribution in [3.63, 3.8) is 0 Å². The molecule has 34 heavy (non-hydrogen) atoms. The van der Waals surface area contributed by atoms with Crippen molar-refractivity contribution in [1.82, 2.24) is 14.8 Å². The van der Waals surface area contributed by atoms with Crippen molar-refractivity contribution in [2.24, 2.45) is 0 Å². The molecule has 5 nitrogen and oxygen atoms in total. The van der Waals surface area contributed by atoms with E-state index in [-0.39, 0.29) is 10.8 Å². The van der Waals surface area contributed by atoms with E-state index < -0.39 is 11.6 Å². The van der Waals surface area contributed by atoms with Gasteiger partial charge in [0.2, 0.25) is 0 Å². The van der Waals surface area contributed by atoms with Crippen LogP contribution in [-0.4, -0.2) is 14.8 Å². The van der Waals surface area contributed by atoms with Crippen LogP contribution in [0.2, 0.25) is 5.02 Å². The number of nitrogens with zero attached hydrogens (tertiary/aromatic N) is 2. The number of halogens is 1. The van der Waals surface area contributed by atoms with E-state index in [0.717, 1.165) is 34.0 Å². The molecule has 5 aromatic rings. The Hall–Kier alpha value is -3.74. The summed E-state index contributed by atoms with van der Waals surface area (Å²) in [5, 5.41) is 16.7. The fourth-order valence-electron chi connectivity index (χ4n) is 3.84. The van der Waals surface area contributed by atoms with Gasteiger partial charge in [-0.1, -0.05) is 96.2 Å². The molecule has 5 rings (SSSR count). The van der Waals surface area contributed by atoms with Crippen LogP contribution < -0.4 is 10.7 Å². The second-order valence-electron chi connectivity index (χ2n) is 7.65. The molecule has 0 fully saturated rings. The highest BCUT2D eigenvalue weighted by atomic mass is 35.5. The molecule has 0 amide bonds. The Morgan fingerprint density at radius 2 is 1.56 bits per heavy atom. The first-order valence-corrected chi connectivity index (χ1v) is 11.8. The van der Waals surface area contributed by atoms with Crippen LogP contribution in [0.4, 0.5) is 0 Å². The molecule has 0 radical (unpaired) electrons. The van der Waals surface area contributed by atoms with Gasteiger partial charge in [-0.25, -0.2) is 0 Å². The van der Waals surface area contributed by atoms with Crippen molar-refractivity contribution in [3.05, 3.63) is 130 Å². The van der Waals surface area contributed by atoms with Gasteiger partial charge in [0, 0.05) is 23.2 Å². The van der Waals surface area contributed by atoms with Crippen molar-refractivity contribution >= 4 is 23.4 Å². The average molecular weight is 485 g/mol. The van der Waals surface area contributed by atoms with Gasteiger partial charge in [0.15, 0.2) is 0 Å². The molecule has 0 aliphatic carbocycles. The third-order valence-corrected chi connectivity index (χ3v) is 7.07. The standard InChI is InChI=1S/C27H20ClN3O2S/c28-22-10-4-5-11-23(22)34-25-26(32)30-31(27(25)33)24(19-7-2-1-3-8-19)20-14-12-18(13-15-20)21-9-6-16-29-17-21/h1-17,24,33H,(H,30,32)/p-1. The number of hydrogen-bond donors (Lipinski definition) is 1. The molecule has 0 bridgehead atoms. The summed E-state index contributed by atoms with van der Waals surface area (Å²) in [6, 6.07) is 28.1. The molecule has 1 N–H and O–H groups in total. The molecule has 7 heteroatoms. The first-order chi connectivity index (χ1) is 16.6.